The highest BCUT2D eigenvalue weighted by atomic mass is 35.5. The van der Waals surface area contributed by atoms with E-state index in [1.165, 1.54) is 0 Å². The van der Waals surface area contributed by atoms with Crippen molar-refractivity contribution in [3.8, 4) is 0 Å². The number of carbonyl (C=O) groups excluding carboxylic acids is 1. The van der Waals surface area contributed by atoms with Crippen LogP contribution in [0.25, 0.3) is 0 Å². The van der Waals surface area contributed by atoms with Gasteiger partial charge in [0.15, 0.2) is 0 Å². The highest BCUT2D eigenvalue weighted by Gasteiger charge is 2.27. The summed E-state index contributed by atoms with van der Waals surface area (Å²) in [6, 6.07) is 4.61. The number of anilines is 2. The van der Waals surface area contributed by atoms with E-state index in [1.54, 1.807) is 18.2 Å². The van der Waals surface area contributed by atoms with Crippen LogP contribution in [0.5, 0.6) is 0 Å². The Kier molecular flexibility index (Phi) is 5.41. The summed E-state index contributed by atoms with van der Waals surface area (Å²) in [5.41, 5.74) is 6.80. The summed E-state index contributed by atoms with van der Waals surface area (Å²) in [6.45, 7) is 3.46. The Labute approximate surface area is 128 Å². The van der Waals surface area contributed by atoms with Crippen molar-refractivity contribution in [2.24, 2.45) is 0 Å². The van der Waals surface area contributed by atoms with Crippen LogP contribution < -0.4 is 11.1 Å². The van der Waals surface area contributed by atoms with Crippen molar-refractivity contribution >= 4 is 28.9 Å². The van der Waals surface area contributed by atoms with Crippen LogP contribution in [0.1, 0.15) is 6.92 Å². The van der Waals surface area contributed by atoms with E-state index in [4.69, 9.17) is 27.2 Å². The highest BCUT2D eigenvalue weighted by Crippen LogP contribution is 2.23. The first-order valence-electron chi connectivity index (χ1n) is 6.83. The van der Waals surface area contributed by atoms with Crippen molar-refractivity contribution in [3.05, 3.63) is 23.2 Å². The topological polar surface area (TPSA) is 87.8 Å². The fourth-order valence-electron chi connectivity index (χ4n) is 2.25. The van der Waals surface area contributed by atoms with Crippen molar-refractivity contribution in [3.63, 3.8) is 0 Å². The Morgan fingerprint density at radius 2 is 2.43 bits per heavy atom. The van der Waals surface area contributed by atoms with Crippen molar-refractivity contribution in [2.75, 3.05) is 37.4 Å². The second kappa shape index (κ2) is 7.09. The summed E-state index contributed by atoms with van der Waals surface area (Å²) < 4.78 is 5.38. The molecular formula is C14H20ClN3O3. The molecule has 116 valence electrons. The second-order valence-corrected chi connectivity index (χ2v) is 5.50. The van der Waals surface area contributed by atoms with Crippen LogP contribution in [0.15, 0.2) is 18.2 Å². The molecule has 4 N–H and O–H groups in total. The van der Waals surface area contributed by atoms with Crippen molar-refractivity contribution in [2.45, 2.75) is 19.1 Å². The van der Waals surface area contributed by atoms with Crippen molar-refractivity contribution in [1.82, 2.24) is 4.90 Å². The first kappa shape index (κ1) is 16.0. The molecule has 2 unspecified atom stereocenters. The van der Waals surface area contributed by atoms with Crippen molar-refractivity contribution in [1.29, 1.82) is 0 Å². The van der Waals surface area contributed by atoms with Gasteiger partial charge in [-0.15, -0.1) is 0 Å². The van der Waals surface area contributed by atoms with Gasteiger partial charge < -0.3 is 20.9 Å². The average molecular weight is 314 g/mol. The number of nitrogens with one attached hydrogen (secondary N) is 1. The van der Waals surface area contributed by atoms with Crippen LogP contribution in [-0.4, -0.2) is 54.4 Å². The van der Waals surface area contributed by atoms with Gasteiger partial charge >= 0.3 is 0 Å². The minimum atomic E-state index is -0.335. The van der Waals surface area contributed by atoms with Crippen LogP contribution in [0.3, 0.4) is 0 Å². The minimum absolute atomic E-state index is 0.0467. The molecular weight excluding hydrogens is 294 g/mol. The molecule has 0 saturated carbocycles. The molecule has 2 atom stereocenters. The molecule has 1 aliphatic rings. The van der Waals surface area contributed by atoms with Gasteiger partial charge in [0.05, 0.1) is 36.7 Å². The standard InChI is InChI=1S/C14H20ClN3O3/c1-9(18-4-5-21-11(7-18)8-19)14(20)17-13-3-2-10(15)6-12(13)16/h2-3,6,9,11,19H,4-5,7-8,16H2,1H3,(H,17,20). The molecule has 1 amide bonds. The molecule has 21 heavy (non-hydrogen) atoms. The van der Waals surface area contributed by atoms with E-state index in [-0.39, 0.29) is 24.7 Å². The Bertz CT molecular complexity index is 512. The van der Waals surface area contributed by atoms with Gasteiger partial charge in [0.25, 0.3) is 0 Å². The third-order valence-electron chi connectivity index (χ3n) is 3.57. The number of amides is 1. The molecule has 1 fully saturated rings. The zero-order chi connectivity index (χ0) is 15.4. The number of benzene rings is 1. The maximum atomic E-state index is 12.3. The number of nitrogens with two attached hydrogens (primary N) is 1. The van der Waals surface area contributed by atoms with E-state index >= 15 is 0 Å². The van der Waals surface area contributed by atoms with E-state index in [0.717, 1.165) is 0 Å². The number of aliphatic hydroxyl groups excluding tert-OH is 1. The number of carbonyl (C=O) groups is 1. The van der Waals surface area contributed by atoms with Crippen LogP contribution in [0.4, 0.5) is 11.4 Å². The molecule has 0 aliphatic carbocycles. The smallest absolute Gasteiger partial charge is 0.241 e. The van der Waals surface area contributed by atoms with Crippen LogP contribution >= 0.6 is 11.6 Å². The average Bonchev–Trinajstić information content (AvgIpc) is 2.49. The first-order valence-corrected chi connectivity index (χ1v) is 7.21. The highest BCUT2D eigenvalue weighted by molar-refractivity contribution is 6.31. The number of ether oxygens (including phenoxy) is 1. The lowest BCUT2D eigenvalue weighted by molar-refractivity contribution is -0.125. The quantitative estimate of drug-likeness (QED) is 0.720. The minimum Gasteiger partial charge on any atom is -0.397 e. The summed E-state index contributed by atoms with van der Waals surface area (Å²) in [5, 5.41) is 12.5. The molecule has 0 aromatic heterocycles. The number of nitrogens with zero attached hydrogens (tertiary/aromatic N) is 1. The first-order chi connectivity index (χ1) is 10.0. The third-order valence-corrected chi connectivity index (χ3v) is 3.81. The van der Waals surface area contributed by atoms with Gasteiger partial charge in [-0.2, -0.15) is 0 Å². The van der Waals surface area contributed by atoms with Crippen molar-refractivity contribution < 1.29 is 14.6 Å². The van der Waals surface area contributed by atoms with E-state index in [1.807, 2.05) is 11.8 Å². The van der Waals surface area contributed by atoms with Gasteiger partial charge in [0, 0.05) is 18.1 Å². The SMILES string of the molecule is CC(C(=O)Nc1ccc(Cl)cc1N)N1CCOC(CO)C1. The number of nitrogen functional groups attached to an aromatic ring is 1. The monoisotopic (exact) mass is 313 g/mol. The Morgan fingerprint density at radius 1 is 1.67 bits per heavy atom. The predicted octanol–water partition coefficient (Wildman–Crippen LogP) is 0.942. The normalized spacial score (nSPS) is 21.0. The van der Waals surface area contributed by atoms with Gasteiger partial charge in [-0.1, -0.05) is 11.6 Å². The summed E-state index contributed by atoms with van der Waals surface area (Å²) in [7, 11) is 0. The Hall–Kier alpha value is -1.34. The third kappa shape index (κ3) is 4.07. The fourth-order valence-corrected chi connectivity index (χ4v) is 2.44. The van der Waals surface area contributed by atoms with E-state index in [0.29, 0.717) is 36.1 Å². The second-order valence-electron chi connectivity index (χ2n) is 5.07. The Balaban J connectivity index is 1.99. The maximum absolute atomic E-state index is 12.3. The largest absolute Gasteiger partial charge is 0.397 e. The number of halogens is 1. The molecule has 2 rings (SSSR count). The number of rotatable bonds is 4. The number of morpholine rings is 1. The number of hydrogen-bond acceptors (Lipinski definition) is 5. The summed E-state index contributed by atoms with van der Waals surface area (Å²) in [6.07, 6.45) is -0.241. The predicted molar refractivity (Wildman–Crippen MR) is 82.4 cm³/mol. The molecule has 6 nitrogen and oxygen atoms in total. The lowest BCUT2D eigenvalue weighted by Gasteiger charge is -2.35. The van der Waals surface area contributed by atoms with Gasteiger partial charge in [-0.25, -0.2) is 0 Å². The molecule has 1 aliphatic heterocycles. The molecule has 0 bridgehead atoms. The van der Waals surface area contributed by atoms with Gasteiger partial charge in [0.2, 0.25) is 5.91 Å². The van der Waals surface area contributed by atoms with Gasteiger partial charge in [0.1, 0.15) is 0 Å². The number of hydrogen-bond donors (Lipinski definition) is 3. The molecule has 1 aromatic carbocycles. The van der Waals surface area contributed by atoms with Gasteiger partial charge in [-0.3, -0.25) is 9.69 Å². The van der Waals surface area contributed by atoms with Gasteiger partial charge in [-0.05, 0) is 25.1 Å². The fraction of sp³-hybridized carbons (Fsp3) is 0.500. The lowest BCUT2D eigenvalue weighted by Crippen LogP contribution is -2.51. The summed E-state index contributed by atoms with van der Waals surface area (Å²) >= 11 is 5.83. The van der Waals surface area contributed by atoms with E-state index < -0.39 is 0 Å². The molecule has 1 heterocycles. The molecule has 1 aromatic rings. The van der Waals surface area contributed by atoms with E-state index in [9.17, 15) is 4.79 Å². The number of aliphatic hydroxyl groups is 1. The van der Waals surface area contributed by atoms with Crippen LogP contribution in [-0.2, 0) is 9.53 Å². The van der Waals surface area contributed by atoms with E-state index in [2.05, 4.69) is 5.32 Å². The molecule has 7 heteroatoms. The molecule has 1 saturated heterocycles. The lowest BCUT2D eigenvalue weighted by atomic mass is 10.2. The zero-order valence-electron chi connectivity index (χ0n) is 11.9. The maximum Gasteiger partial charge on any atom is 0.241 e. The summed E-state index contributed by atoms with van der Waals surface area (Å²) in [4.78, 5) is 14.3. The molecule has 0 radical (unpaired) electrons. The molecule has 0 spiro atoms. The van der Waals surface area contributed by atoms with Crippen LogP contribution in [0.2, 0.25) is 5.02 Å². The summed E-state index contributed by atoms with van der Waals surface area (Å²) in [5.74, 6) is -0.150. The zero-order valence-corrected chi connectivity index (χ0v) is 12.6. The van der Waals surface area contributed by atoms with Crippen LogP contribution in [0, 0.1) is 0 Å². The Morgan fingerprint density at radius 3 is 3.10 bits per heavy atom.